The van der Waals surface area contributed by atoms with Gasteiger partial charge in [0.15, 0.2) is 22.6 Å². The highest BCUT2D eigenvalue weighted by molar-refractivity contribution is 6.29. The van der Waals surface area contributed by atoms with Crippen LogP contribution in [0.5, 0.6) is 0 Å². The summed E-state index contributed by atoms with van der Waals surface area (Å²) in [6.45, 7) is 5.80. The molecule has 4 nitrogen and oxygen atoms in total. The Morgan fingerprint density at radius 1 is 1.14 bits per heavy atom. The van der Waals surface area contributed by atoms with Gasteiger partial charge in [-0.2, -0.15) is 0 Å². The maximum atomic E-state index is 14.3. The number of aromatic nitrogens is 4. The molecule has 0 spiro atoms. The minimum absolute atomic E-state index is 0.123. The summed E-state index contributed by atoms with van der Waals surface area (Å²) in [5, 5.41) is -0.293. The molecule has 0 aliphatic heterocycles. The number of fused-ring (bicyclic) bond motifs is 1. The first-order valence-corrected chi connectivity index (χ1v) is 7.12. The van der Waals surface area contributed by atoms with Gasteiger partial charge in [0.25, 0.3) is 0 Å². The summed E-state index contributed by atoms with van der Waals surface area (Å²) in [4.78, 5) is 12.0. The lowest BCUT2D eigenvalue weighted by molar-refractivity contribution is 0.600. The minimum atomic E-state index is -0.713. The Morgan fingerprint density at radius 2 is 1.86 bits per heavy atom. The standard InChI is InChI=1S/C15H13ClF2N4/c1-7(2)22-8(3)20-13-10(17)4-9(5-12(13)22)15-19-6-11(18)14(16)21-15/h4-7H,1-3H3. The number of hydrogen-bond acceptors (Lipinski definition) is 3. The van der Waals surface area contributed by atoms with Crippen molar-refractivity contribution in [1.82, 2.24) is 19.5 Å². The van der Waals surface area contributed by atoms with Crippen LogP contribution in [0.25, 0.3) is 22.4 Å². The van der Waals surface area contributed by atoms with E-state index in [1.54, 1.807) is 6.07 Å². The maximum Gasteiger partial charge on any atom is 0.178 e. The van der Waals surface area contributed by atoms with Gasteiger partial charge in [-0.1, -0.05) is 11.6 Å². The van der Waals surface area contributed by atoms with Crippen molar-refractivity contribution in [3.05, 3.63) is 40.9 Å². The summed E-state index contributed by atoms with van der Waals surface area (Å²) >= 11 is 5.67. The number of imidazole rings is 1. The Bertz CT molecular complexity index is 874. The lowest BCUT2D eigenvalue weighted by Gasteiger charge is -2.11. The van der Waals surface area contributed by atoms with Gasteiger partial charge < -0.3 is 4.57 Å². The Morgan fingerprint density at radius 3 is 2.50 bits per heavy atom. The number of aryl methyl sites for hydroxylation is 1. The quantitative estimate of drug-likeness (QED) is 0.660. The van der Waals surface area contributed by atoms with Crippen LogP contribution in [0.2, 0.25) is 5.15 Å². The summed E-state index contributed by atoms with van der Waals surface area (Å²) in [6, 6.07) is 3.14. The fourth-order valence-electron chi connectivity index (χ4n) is 2.54. The molecular formula is C15H13ClF2N4. The van der Waals surface area contributed by atoms with Crippen molar-refractivity contribution >= 4 is 22.6 Å². The molecule has 0 saturated heterocycles. The average Bonchev–Trinajstić information content (AvgIpc) is 2.78. The number of halogens is 3. The third kappa shape index (κ3) is 2.33. The van der Waals surface area contributed by atoms with E-state index < -0.39 is 11.6 Å². The lowest BCUT2D eigenvalue weighted by Crippen LogP contribution is -2.03. The van der Waals surface area contributed by atoms with Crippen molar-refractivity contribution in [2.24, 2.45) is 0 Å². The van der Waals surface area contributed by atoms with Crippen LogP contribution >= 0.6 is 11.6 Å². The zero-order chi connectivity index (χ0) is 16.0. The number of hydrogen-bond donors (Lipinski definition) is 0. The van der Waals surface area contributed by atoms with Crippen molar-refractivity contribution in [1.29, 1.82) is 0 Å². The van der Waals surface area contributed by atoms with Gasteiger partial charge >= 0.3 is 0 Å². The molecule has 0 aliphatic carbocycles. The van der Waals surface area contributed by atoms with Crippen LogP contribution in [0.15, 0.2) is 18.3 Å². The molecule has 3 rings (SSSR count). The topological polar surface area (TPSA) is 43.6 Å². The summed E-state index contributed by atoms with van der Waals surface area (Å²) in [5.74, 6) is -0.297. The molecule has 2 aromatic heterocycles. The molecule has 0 fully saturated rings. The van der Waals surface area contributed by atoms with Crippen molar-refractivity contribution in [3.63, 3.8) is 0 Å². The van der Waals surface area contributed by atoms with E-state index in [2.05, 4.69) is 15.0 Å². The van der Waals surface area contributed by atoms with Gasteiger partial charge in [-0.25, -0.2) is 23.7 Å². The van der Waals surface area contributed by atoms with E-state index in [1.807, 2.05) is 25.3 Å². The molecule has 0 bridgehead atoms. The molecule has 114 valence electrons. The number of rotatable bonds is 2. The highest BCUT2D eigenvalue weighted by atomic mass is 35.5. The van der Waals surface area contributed by atoms with Crippen LogP contribution < -0.4 is 0 Å². The van der Waals surface area contributed by atoms with Crippen LogP contribution in [0.3, 0.4) is 0 Å². The van der Waals surface area contributed by atoms with E-state index in [0.29, 0.717) is 16.6 Å². The molecule has 22 heavy (non-hydrogen) atoms. The summed E-state index contributed by atoms with van der Waals surface area (Å²) in [6.07, 6.45) is 0.970. The molecule has 0 N–H and O–H groups in total. The second-order valence-electron chi connectivity index (χ2n) is 5.28. The van der Waals surface area contributed by atoms with Gasteiger partial charge in [-0.15, -0.1) is 0 Å². The summed E-state index contributed by atoms with van der Waals surface area (Å²) in [7, 11) is 0. The van der Waals surface area contributed by atoms with Gasteiger partial charge in [0.05, 0.1) is 11.7 Å². The maximum absolute atomic E-state index is 14.3. The number of benzene rings is 1. The summed E-state index contributed by atoms with van der Waals surface area (Å²) in [5.41, 5.74) is 1.36. The molecule has 0 saturated carbocycles. The first kappa shape index (κ1) is 14.8. The van der Waals surface area contributed by atoms with E-state index in [1.165, 1.54) is 6.07 Å². The first-order valence-electron chi connectivity index (χ1n) is 6.75. The largest absolute Gasteiger partial charge is 0.326 e. The average molecular weight is 323 g/mol. The zero-order valence-corrected chi connectivity index (χ0v) is 13.0. The first-order chi connectivity index (χ1) is 10.4. The Labute approximate surface area is 130 Å². The van der Waals surface area contributed by atoms with Gasteiger partial charge in [0.1, 0.15) is 11.3 Å². The molecule has 0 atom stereocenters. The number of nitrogens with zero attached hydrogens (tertiary/aromatic N) is 4. The van der Waals surface area contributed by atoms with Crippen molar-refractivity contribution < 1.29 is 8.78 Å². The molecule has 1 aromatic carbocycles. The summed E-state index contributed by atoms with van der Waals surface area (Å²) < 4.78 is 29.4. The highest BCUT2D eigenvalue weighted by Crippen LogP contribution is 2.28. The predicted molar refractivity (Wildman–Crippen MR) is 80.8 cm³/mol. The normalized spacial score (nSPS) is 11.6. The Balaban J connectivity index is 2.27. The Hall–Kier alpha value is -2.08. The van der Waals surface area contributed by atoms with Crippen molar-refractivity contribution in [2.75, 3.05) is 0 Å². The highest BCUT2D eigenvalue weighted by Gasteiger charge is 2.17. The Kier molecular flexibility index (Phi) is 3.56. The molecule has 7 heteroatoms. The van der Waals surface area contributed by atoms with Crippen LogP contribution in [-0.4, -0.2) is 19.5 Å². The van der Waals surface area contributed by atoms with Crippen LogP contribution in [0.1, 0.15) is 25.7 Å². The van der Waals surface area contributed by atoms with Crippen molar-refractivity contribution in [2.45, 2.75) is 26.8 Å². The molecule has 0 unspecified atom stereocenters. The second kappa shape index (κ2) is 5.28. The van der Waals surface area contributed by atoms with E-state index in [4.69, 9.17) is 11.6 Å². The predicted octanol–water partition coefficient (Wildman–Crippen LogP) is 4.31. The monoisotopic (exact) mass is 322 g/mol. The molecule has 3 aromatic rings. The molecule has 0 radical (unpaired) electrons. The van der Waals surface area contributed by atoms with Gasteiger partial charge in [0.2, 0.25) is 0 Å². The van der Waals surface area contributed by atoms with Crippen LogP contribution in [-0.2, 0) is 0 Å². The van der Waals surface area contributed by atoms with Gasteiger partial charge in [-0.05, 0) is 32.9 Å². The molecule has 0 aliphatic rings. The van der Waals surface area contributed by atoms with E-state index in [9.17, 15) is 8.78 Å². The van der Waals surface area contributed by atoms with E-state index in [0.717, 1.165) is 12.0 Å². The third-order valence-electron chi connectivity index (χ3n) is 3.40. The third-order valence-corrected chi connectivity index (χ3v) is 3.67. The molecule has 0 amide bonds. The van der Waals surface area contributed by atoms with Gasteiger partial charge in [-0.3, -0.25) is 0 Å². The fraction of sp³-hybridized carbons (Fsp3) is 0.267. The van der Waals surface area contributed by atoms with Crippen molar-refractivity contribution in [3.8, 4) is 11.4 Å². The van der Waals surface area contributed by atoms with Crippen LogP contribution in [0.4, 0.5) is 8.78 Å². The van der Waals surface area contributed by atoms with E-state index in [-0.39, 0.29) is 17.0 Å². The van der Waals surface area contributed by atoms with E-state index >= 15 is 0 Å². The zero-order valence-electron chi connectivity index (χ0n) is 12.2. The minimum Gasteiger partial charge on any atom is -0.326 e. The fourth-order valence-corrected chi connectivity index (χ4v) is 2.66. The SMILES string of the molecule is Cc1nc2c(F)cc(-c3ncc(F)c(Cl)n3)cc2n1C(C)C. The molecule has 2 heterocycles. The van der Waals surface area contributed by atoms with Crippen LogP contribution in [0, 0.1) is 18.6 Å². The van der Waals surface area contributed by atoms with Gasteiger partial charge in [0, 0.05) is 11.6 Å². The lowest BCUT2D eigenvalue weighted by atomic mass is 10.1. The second-order valence-corrected chi connectivity index (χ2v) is 5.64. The molecular weight excluding hydrogens is 310 g/mol. The smallest absolute Gasteiger partial charge is 0.178 e.